The van der Waals surface area contributed by atoms with E-state index in [1.165, 1.54) is 12.2 Å². The summed E-state index contributed by atoms with van der Waals surface area (Å²) in [6, 6.07) is 0. The molecule has 14 heavy (non-hydrogen) atoms. The fourth-order valence-electron chi connectivity index (χ4n) is 0.998. The van der Waals surface area contributed by atoms with E-state index >= 15 is 0 Å². The lowest BCUT2D eigenvalue weighted by Crippen LogP contribution is -2.18. The number of ether oxygens (including phenoxy) is 2. The number of thioether (sulfide) groups is 1. The van der Waals surface area contributed by atoms with E-state index in [2.05, 4.69) is 11.6 Å². The van der Waals surface area contributed by atoms with Crippen LogP contribution in [0.2, 0.25) is 0 Å². The fourth-order valence-corrected chi connectivity index (χ4v) is 1.35. The van der Waals surface area contributed by atoms with Gasteiger partial charge in [0, 0.05) is 26.0 Å². The minimum absolute atomic E-state index is 0.700. The second kappa shape index (κ2) is 13.2. The van der Waals surface area contributed by atoms with Crippen molar-refractivity contribution in [2.24, 2.45) is 0 Å². The summed E-state index contributed by atoms with van der Waals surface area (Å²) in [5.74, 6) is 1.20. The minimum atomic E-state index is 0.700. The van der Waals surface area contributed by atoms with Gasteiger partial charge in [0.25, 0.3) is 0 Å². The molecular formula is C10H23NO2S. The standard InChI is InChI=1S/C10H23NO2S/c1-12-8-9-13-7-4-3-5-11-6-10-14-2/h11H,3-10H2,1-2H3. The molecule has 3 nitrogen and oxygen atoms in total. The minimum Gasteiger partial charge on any atom is -0.382 e. The Bertz CT molecular complexity index is 92.1. The molecule has 0 saturated heterocycles. The number of hydrogen-bond acceptors (Lipinski definition) is 4. The molecule has 0 saturated carbocycles. The maximum atomic E-state index is 5.34. The third-order valence-corrected chi connectivity index (χ3v) is 2.42. The number of rotatable bonds is 11. The van der Waals surface area contributed by atoms with Crippen molar-refractivity contribution in [3.63, 3.8) is 0 Å². The van der Waals surface area contributed by atoms with Gasteiger partial charge in [-0.05, 0) is 25.6 Å². The maximum Gasteiger partial charge on any atom is 0.0700 e. The lowest BCUT2D eigenvalue weighted by atomic mass is 10.3. The Morgan fingerprint density at radius 3 is 2.64 bits per heavy atom. The molecule has 1 N–H and O–H groups in total. The van der Waals surface area contributed by atoms with Crippen LogP contribution >= 0.6 is 11.8 Å². The molecule has 0 spiro atoms. The summed E-state index contributed by atoms with van der Waals surface area (Å²) in [6.45, 7) is 4.50. The van der Waals surface area contributed by atoms with E-state index in [1.54, 1.807) is 7.11 Å². The van der Waals surface area contributed by atoms with E-state index in [0.29, 0.717) is 6.61 Å². The zero-order valence-corrected chi connectivity index (χ0v) is 10.2. The molecule has 0 aromatic heterocycles. The molecule has 0 bridgehead atoms. The van der Waals surface area contributed by atoms with E-state index in [-0.39, 0.29) is 0 Å². The molecule has 0 aliphatic heterocycles. The number of unbranched alkanes of at least 4 members (excludes halogenated alkanes) is 1. The van der Waals surface area contributed by atoms with Crippen LogP contribution in [0.5, 0.6) is 0 Å². The van der Waals surface area contributed by atoms with Crippen LogP contribution in [0, 0.1) is 0 Å². The Morgan fingerprint density at radius 1 is 1.07 bits per heavy atom. The summed E-state index contributed by atoms with van der Waals surface area (Å²) in [7, 11) is 1.69. The molecule has 0 aliphatic rings. The highest BCUT2D eigenvalue weighted by molar-refractivity contribution is 7.98. The average molecular weight is 221 g/mol. The quantitative estimate of drug-likeness (QED) is 0.534. The Hall–Kier alpha value is 0.230. The summed E-state index contributed by atoms with van der Waals surface area (Å²) < 4.78 is 10.2. The molecule has 0 aromatic rings. The predicted molar refractivity (Wildman–Crippen MR) is 63.2 cm³/mol. The van der Waals surface area contributed by atoms with Gasteiger partial charge in [-0.2, -0.15) is 11.8 Å². The van der Waals surface area contributed by atoms with Crippen molar-refractivity contribution >= 4 is 11.8 Å². The van der Waals surface area contributed by atoms with Gasteiger partial charge < -0.3 is 14.8 Å². The van der Waals surface area contributed by atoms with Crippen LogP contribution in [0.4, 0.5) is 0 Å². The molecule has 0 fully saturated rings. The summed E-state index contributed by atoms with van der Waals surface area (Å²) >= 11 is 1.88. The van der Waals surface area contributed by atoms with E-state index in [1.807, 2.05) is 11.8 Å². The molecule has 0 heterocycles. The molecule has 4 heteroatoms. The maximum absolute atomic E-state index is 5.34. The Morgan fingerprint density at radius 2 is 1.93 bits per heavy atom. The van der Waals surface area contributed by atoms with Crippen molar-refractivity contribution in [3.8, 4) is 0 Å². The lowest BCUT2D eigenvalue weighted by molar-refractivity contribution is 0.0688. The first-order valence-electron chi connectivity index (χ1n) is 5.18. The number of methoxy groups -OCH3 is 1. The van der Waals surface area contributed by atoms with Crippen molar-refractivity contribution < 1.29 is 9.47 Å². The van der Waals surface area contributed by atoms with Crippen LogP contribution in [0.3, 0.4) is 0 Å². The van der Waals surface area contributed by atoms with Crippen molar-refractivity contribution in [3.05, 3.63) is 0 Å². The van der Waals surface area contributed by atoms with Gasteiger partial charge in [-0.3, -0.25) is 0 Å². The predicted octanol–water partition coefficient (Wildman–Crippen LogP) is 1.38. The number of hydrogen-bond donors (Lipinski definition) is 1. The van der Waals surface area contributed by atoms with Gasteiger partial charge in [0.1, 0.15) is 0 Å². The van der Waals surface area contributed by atoms with Crippen LogP contribution in [0.1, 0.15) is 12.8 Å². The van der Waals surface area contributed by atoms with Gasteiger partial charge in [0.05, 0.1) is 13.2 Å². The highest BCUT2D eigenvalue weighted by atomic mass is 32.2. The summed E-state index contributed by atoms with van der Waals surface area (Å²) in [5.41, 5.74) is 0. The topological polar surface area (TPSA) is 30.5 Å². The largest absolute Gasteiger partial charge is 0.382 e. The first kappa shape index (κ1) is 14.2. The third kappa shape index (κ3) is 12.2. The van der Waals surface area contributed by atoms with Crippen molar-refractivity contribution in [2.45, 2.75) is 12.8 Å². The first-order chi connectivity index (χ1) is 6.91. The molecule has 0 rings (SSSR count). The molecular weight excluding hydrogens is 198 g/mol. The van der Waals surface area contributed by atoms with E-state index in [9.17, 15) is 0 Å². The highest BCUT2D eigenvalue weighted by Crippen LogP contribution is 1.90. The Labute approximate surface area is 91.9 Å². The number of nitrogens with one attached hydrogen (secondary N) is 1. The van der Waals surface area contributed by atoms with Gasteiger partial charge in [-0.15, -0.1) is 0 Å². The second-order valence-corrected chi connectivity index (χ2v) is 4.04. The third-order valence-electron chi connectivity index (χ3n) is 1.81. The van der Waals surface area contributed by atoms with Crippen LogP contribution < -0.4 is 5.32 Å². The molecule has 0 radical (unpaired) electrons. The fraction of sp³-hybridized carbons (Fsp3) is 1.00. The van der Waals surface area contributed by atoms with Crippen LogP contribution in [-0.2, 0) is 9.47 Å². The molecule has 0 aliphatic carbocycles. The zero-order valence-electron chi connectivity index (χ0n) is 9.38. The van der Waals surface area contributed by atoms with E-state index in [0.717, 1.165) is 32.7 Å². The van der Waals surface area contributed by atoms with Crippen molar-refractivity contribution in [2.75, 3.05) is 52.0 Å². The van der Waals surface area contributed by atoms with E-state index < -0.39 is 0 Å². The Kier molecular flexibility index (Phi) is 13.4. The van der Waals surface area contributed by atoms with Crippen LogP contribution in [-0.4, -0.2) is 52.0 Å². The smallest absolute Gasteiger partial charge is 0.0700 e. The molecule has 0 atom stereocenters. The first-order valence-corrected chi connectivity index (χ1v) is 6.57. The van der Waals surface area contributed by atoms with E-state index in [4.69, 9.17) is 9.47 Å². The summed E-state index contributed by atoms with van der Waals surface area (Å²) in [6.07, 6.45) is 4.46. The molecule has 0 amide bonds. The normalized spacial score (nSPS) is 10.7. The zero-order chi connectivity index (χ0) is 10.5. The van der Waals surface area contributed by atoms with Gasteiger partial charge in [-0.25, -0.2) is 0 Å². The van der Waals surface area contributed by atoms with Crippen molar-refractivity contribution in [1.82, 2.24) is 5.32 Å². The molecule has 0 unspecified atom stereocenters. The second-order valence-electron chi connectivity index (χ2n) is 3.06. The molecule has 86 valence electrons. The van der Waals surface area contributed by atoms with Crippen LogP contribution in [0.25, 0.3) is 0 Å². The van der Waals surface area contributed by atoms with Gasteiger partial charge in [0.2, 0.25) is 0 Å². The monoisotopic (exact) mass is 221 g/mol. The van der Waals surface area contributed by atoms with Crippen molar-refractivity contribution in [1.29, 1.82) is 0 Å². The van der Waals surface area contributed by atoms with Gasteiger partial charge >= 0.3 is 0 Å². The van der Waals surface area contributed by atoms with Crippen LogP contribution in [0.15, 0.2) is 0 Å². The van der Waals surface area contributed by atoms with Gasteiger partial charge in [0.15, 0.2) is 0 Å². The summed E-state index contributed by atoms with van der Waals surface area (Å²) in [4.78, 5) is 0. The average Bonchev–Trinajstić information content (AvgIpc) is 2.21. The summed E-state index contributed by atoms with van der Waals surface area (Å²) in [5, 5.41) is 3.39. The highest BCUT2D eigenvalue weighted by Gasteiger charge is 1.90. The van der Waals surface area contributed by atoms with Gasteiger partial charge in [-0.1, -0.05) is 0 Å². The molecule has 0 aromatic carbocycles. The SMILES string of the molecule is COCCOCCCCNCCSC. The Balaban J connectivity index is 2.78. The lowest BCUT2D eigenvalue weighted by Gasteiger charge is -2.04.